The summed E-state index contributed by atoms with van der Waals surface area (Å²) in [5, 5.41) is 12.4. The molecule has 0 spiro atoms. The Kier molecular flexibility index (Phi) is 5.52. The first-order valence-electron chi connectivity index (χ1n) is 7.01. The Morgan fingerprint density at radius 2 is 1.74 bits per heavy atom. The molecule has 2 aromatic carbocycles. The molecule has 0 saturated carbocycles. The molecule has 0 radical (unpaired) electrons. The molecule has 0 atom stereocenters. The first-order chi connectivity index (χ1) is 11.1. The van der Waals surface area contributed by atoms with Crippen molar-refractivity contribution in [3.63, 3.8) is 0 Å². The molecular weight excluding hydrogens is 294 g/mol. The van der Waals surface area contributed by atoms with Crippen molar-refractivity contribution >= 4 is 17.4 Å². The number of aliphatic hydroxyl groups excluding tert-OH is 1. The lowest BCUT2D eigenvalue weighted by Crippen LogP contribution is -2.29. The van der Waals surface area contributed by atoms with E-state index in [2.05, 4.69) is 5.32 Å². The van der Waals surface area contributed by atoms with Gasteiger partial charge in [0.25, 0.3) is 5.91 Å². The summed E-state index contributed by atoms with van der Waals surface area (Å²) < 4.78 is 5.01. The minimum Gasteiger partial charge on any atom is -0.507 e. The zero-order valence-electron chi connectivity index (χ0n) is 12.7. The van der Waals surface area contributed by atoms with Crippen molar-refractivity contribution in [2.45, 2.75) is 6.54 Å². The number of methoxy groups -OCH3 is 1. The first-order valence-corrected chi connectivity index (χ1v) is 7.01. The number of carbonyl (C=O) groups excluding carboxylic acids is 2. The molecule has 0 aliphatic carbocycles. The molecule has 2 aromatic rings. The van der Waals surface area contributed by atoms with Crippen molar-refractivity contribution in [1.82, 2.24) is 5.32 Å². The number of amides is 1. The number of hydrogen-bond acceptors (Lipinski definition) is 4. The second-order valence-electron chi connectivity index (χ2n) is 4.79. The van der Waals surface area contributed by atoms with Gasteiger partial charge >= 0.3 is 0 Å². The van der Waals surface area contributed by atoms with Gasteiger partial charge in [-0.1, -0.05) is 30.3 Å². The number of nitrogens with one attached hydrogen (secondary N) is 1. The van der Waals surface area contributed by atoms with E-state index in [1.54, 1.807) is 24.3 Å². The van der Waals surface area contributed by atoms with Gasteiger partial charge in [-0.3, -0.25) is 9.59 Å². The number of benzene rings is 2. The molecule has 0 aliphatic heterocycles. The lowest BCUT2D eigenvalue weighted by atomic mass is 10.1. The maximum Gasteiger partial charge on any atom is 0.292 e. The van der Waals surface area contributed by atoms with Crippen LogP contribution in [0.3, 0.4) is 0 Å². The molecule has 23 heavy (non-hydrogen) atoms. The van der Waals surface area contributed by atoms with Crippen LogP contribution in [0.5, 0.6) is 5.75 Å². The van der Waals surface area contributed by atoms with Crippen LogP contribution < -0.4 is 10.1 Å². The summed E-state index contributed by atoms with van der Waals surface area (Å²) in [7, 11) is 1.53. The van der Waals surface area contributed by atoms with Gasteiger partial charge in [0.05, 0.1) is 7.11 Å². The van der Waals surface area contributed by atoms with Crippen LogP contribution in [0.2, 0.25) is 0 Å². The first kappa shape index (κ1) is 16.3. The van der Waals surface area contributed by atoms with Crippen LogP contribution in [0.1, 0.15) is 11.1 Å². The molecule has 2 N–H and O–H groups in total. The average molecular weight is 311 g/mol. The van der Waals surface area contributed by atoms with Crippen molar-refractivity contribution in [3.05, 3.63) is 71.8 Å². The van der Waals surface area contributed by atoms with Crippen molar-refractivity contribution in [2.75, 3.05) is 7.11 Å². The standard InChI is InChI=1S/C18H17NO4/c1-23-15-9-7-14(8-10-15)16(20)11-17(21)18(22)19-12-13-5-3-2-4-6-13/h2-11,20H,12H2,1H3,(H,19,22)/b16-11-. The van der Waals surface area contributed by atoms with Gasteiger partial charge < -0.3 is 15.2 Å². The molecule has 0 saturated heterocycles. The number of aliphatic hydroxyl groups is 1. The highest BCUT2D eigenvalue weighted by Gasteiger charge is 2.12. The van der Waals surface area contributed by atoms with E-state index in [-0.39, 0.29) is 12.3 Å². The summed E-state index contributed by atoms with van der Waals surface area (Å²) in [6, 6.07) is 15.7. The van der Waals surface area contributed by atoms with Crippen LogP contribution in [0.15, 0.2) is 60.7 Å². The van der Waals surface area contributed by atoms with E-state index in [1.807, 2.05) is 30.3 Å². The third-order valence-corrected chi connectivity index (χ3v) is 3.17. The zero-order valence-corrected chi connectivity index (χ0v) is 12.7. The largest absolute Gasteiger partial charge is 0.507 e. The van der Waals surface area contributed by atoms with Gasteiger partial charge in [0.2, 0.25) is 5.78 Å². The SMILES string of the molecule is COc1ccc(/C(O)=C/C(=O)C(=O)NCc2ccccc2)cc1. The molecule has 5 heteroatoms. The molecule has 0 heterocycles. The van der Waals surface area contributed by atoms with Crippen LogP contribution >= 0.6 is 0 Å². The minimum absolute atomic E-state index is 0.253. The van der Waals surface area contributed by atoms with Gasteiger partial charge in [0.15, 0.2) is 0 Å². The molecular formula is C18H17NO4. The summed E-state index contributed by atoms with van der Waals surface area (Å²) in [4.78, 5) is 23.5. The van der Waals surface area contributed by atoms with E-state index in [9.17, 15) is 14.7 Å². The predicted molar refractivity (Wildman–Crippen MR) is 86.9 cm³/mol. The molecule has 0 unspecified atom stereocenters. The zero-order chi connectivity index (χ0) is 16.7. The van der Waals surface area contributed by atoms with Gasteiger partial charge in [-0.2, -0.15) is 0 Å². The van der Waals surface area contributed by atoms with Gasteiger partial charge in [0.1, 0.15) is 11.5 Å². The Morgan fingerprint density at radius 3 is 2.35 bits per heavy atom. The highest BCUT2D eigenvalue weighted by Crippen LogP contribution is 2.16. The summed E-state index contributed by atoms with van der Waals surface area (Å²) in [5.41, 5.74) is 1.31. The normalized spacial score (nSPS) is 10.9. The number of ether oxygens (including phenoxy) is 1. The maximum atomic E-state index is 11.8. The second kappa shape index (κ2) is 7.79. The van der Waals surface area contributed by atoms with E-state index in [4.69, 9.17) is 4.74 Å². The predicted octanol–water partition coefficient (Wildman–Crippen LogP) is 2.48. The summed E-state index contributed by atoms with van der Waals surface area (Å²) in [5.74, 6) is -1.22. The number of ketones is 1. The molecule has 1 amide bonds. The summed E-state index contributed by atoms with van der Waals surface area (Å²) in [6.07, 6.45) is 0.905. The van der Waals surface area contributed by atoms with Crippen LogP contribution in [0.25, 0.3) is 5.76 Å². The smallest absolute Gasteiger partial charge is 0.292 e. The number of hydrogen-bond donors (Lipinski definition) is 2. The Balaban J connectivity index is 1.96. The summed E-state index contributed by atoms with van der Waals surface area (Å²) in [6.45, 7) is 0.253. The topological polar surface area (TPSA) is 75.6 Å². The lowest BCUT2D eigenvalue weighted by Gasteiger charge is -2.04. The average Bonchev–Trinajstić information content (AvgIpc) is 2.60. The fourth-order valence-corrected chi connectivity index (χ4v) is 1.90. The summed E-state index contributed by atoms with van der Waals surface area (Å²) >= 11 is 0. The Bertz CT molecular complexity index is 706. The maximum absolute atomic E-state index is 11.8. The van der Waals surface area contributed by atoms with Gasteiger partial charge in [-0.05, 0) is 29.8 Å². The number of rotatable bonds is 6. The monoisotopic (exact) mass is 311 g/mol. The molecule has 5 nitrogen and oxygen atoms in total. The highest BCUT2D eigenvalue weighted by atomic mass is 16.5. The number of carbonyl (C=O) groups is 2. The molecule has 0 fully saturated rings. The van der Waals surface area contributed by atoms with Crippen LogP contribution in [-0.4, -0.2) is 23.9 Å². The van der Waals surface area contributed by atoms with Gasteiger partial charge in [0, 0.05) is 18.2 Å². The third-order valence-electron chi connectivity index (χ3n) is 3.17. The Morgan fingerprint density at radius 1 is 1.09 bits per heavy atom. The quantitative estimate of drug-likeness (QED) is 0.488. The van der Waals surface area contributed by atoms with Crippen LogP contribution in [0, 0.1) is 0 Å². The minimum atomic E-state index is -0.811. The van der Waals surface area contributed by atoms with E-state index < -0.39 is 11.7 Å². The Hall–Kier alpha value is -3.08. The molecule has 0 bridgehead atoms. The highest BCUT2D eigenvalue weighted by molar-refractivity contribution is 6.41. The van der Waals surface area contributed by atoms with Crippen molar-refractivity contribution in [1.29, 1.82) is 0 Å². The van der Waals surface area contributed by atoms with Crippen LogP contribution in [-0.2, 0) is 16.1 Å². The van der Waals surface area contributed by atoms with E-state index >= 15 is 0 Å². The fraction of sp³-hybridized carbons (Fsp3) is 0.111. The molecule has 118 valence electrons. The second-order valence-corrected chi connectivity index (χ2v) is 4.79. The lowest BCUT2D eigenvalue weighted by molar-refractivity contribution is -0.135. The molecule has 0 aromatic heterocycles. The third kappa shape index (κ3) is 4.71. The van der Waals surface area contributed by atoms with E-state index in [1.165, 1.54) is 7.11 Å². The molecule has 0 aliphatic rings. The van der Waals surface area contributed by atoms with Crippen LogP contribution in [0.4, 0.5) is 0 Å². The van der Waals surface area contributed by atoms with E-state index in [0.29, 0.717) is 11.3 Å². The van der Waals surface area contributed by atoms with E-state index in [0.717, 1.165) is 11.6 Å². The fourth-order valence-electron chi connectivity index (χ4n) is 1.90. The Labute approximate surface area is 134 Å². The molecule has 2 rings (SSSR count). The van der Waals surface area contributed by atoms with Crippen molar-refractivity contribution in [2.24, 2.45) is 0 Å². The van der Waals surface area contributed by atoms with Gasteiger partial charge in [-0.25, -0.2) is 0 Å². The van der Waals surface area contributed by atoms with Gasteiger partial charge in [-0.15, -0.1) is 0 Å². The van der Waals surface area contributed by atoms with Crippen molar-refractivity contribution < 1.29 is 19.4 Å². The van der Waals surface area contributed by atoms with Crippen molar-refractivity contribution in [3.8, 4) is 5.75 Å².